The average Bonchev–Trinajstić information content (AvgIpc) is 2.64. The van der Waals surface area contributed by atoms with Crippen molar-refractivity contribution in [3.8, 4) is 5.75 Å². The van der Waals surface area contributed by atoms with Crippen molar-refractivity contribution in [3.63, 3.8) is 0 Å². The molecule has 0 spiro atoms. The Labute approximate surface area is 162 Å². The molecule has 6 heteroatoms. The van der Waals surface area contributed by atoms with Crippen molar-refractivity contribution >= 4 is 21.8 Å². The van der Waals surface area contributed by atoms with E-state index in [0.717, 1.165) is 25.2 Å². The van der Waals surface area contributed by atoms with Crippen LogP contribution >= 0.6 is 15.9 Å². The van der Waals surface area contributed by atoms with Crippen molar-refractivity contribution < 1.29 is 13.9 Å². The Morgan fingerprint density at radius 2 is 1.85 bits per heavy atom. The van der Waals surface area contributed by atoms with E-state index in [1.807, 2.05) is 18.2 Å². The molecule has 26 heavy (non-hydrogen) atoms. The van der Waals surface area contributed by atoms with Gasteiger partial charge in [0.15, 0.2) is 6.61 Å². The molecule has 0 saturated heterocycles. The van der Waals surface area contributed by atoms with Gasteiger partial charge in [-0.15, -0.1) is 0 Å². The van der Waals surface area contributed by atoms with E-state index in [-0.39, 0.29) is 18.3 Å². The fraction of sp³-hybridized carbons (Fsp3) is 0.350. The molecule has 2 aromatic carbocycles. The molecule has 0 bridgehead atoms. The highest BCUT2D eigenvalue weighted by molar-refractivity contribution is 9.10. The maximum absolute atomic E-state index is 13.1. The Morgan fingerprint density at radius 1 is 1.15 bits per heavy atom. The highest BCUT2D eigenvalue weighted by Crippen LogP contribution is 2.25. The van der Waals surface area contributed by atoms with Gasteiger partial charge in [0.25, 0.3) is 5.91 Å². The third-order valence-electron chi connectivity index (χ3n) is 4.14. The van der Waals surface area contributed by atoms with Crippen LogP contribution in [0.5, 0.6) is 5.75 Å². The van der Waals surface area contributed by atoms with Crippen LogP contribution in [0, 0.1) is 5.82 Å². The van der Waals surface area contributed by atoms with Crippen LogP contribution in [-0.2, 0) is 17.9 Å². The number of amides is 1. The van der Waals surface area contributed by atoms with Gasteiger partial charge in [-0.05, 0) is 58.3 Å². The van der Waals surface area contributed by atoms with Gasteiger partial charge < -0.3 is 10.1 Å². The monoisotopic (exact) mass is 422 g/mol. The zero-order chi connectivity index (χ0) is 18.9. The molecule has 0 atom stereocenters. The molecule has 140 valence electrons. The third-order valence-corrected chi connectivity index (χ3v) is 4.76. The maximum atomic E-state index is 13.1. The quantitative estimate of drug-likeness (QED) is 0.660. The molecule has 2 aromatic rings. The lowest BCUT2D eigenvalue weighted by Crippen LogP contribution is -2.29. The molecule has 0 aliphatic carbocycles. The van der Waals surface area contributed by atoms with Gasteiger partial charge in [0.2, 0.25) is 0 Å². The molecule has 0 aromatic heterocycles. The summed E-state index contributed by atoms with van der Waals surface area (Å²) in [5.41, 5.74) is 2.30. The van der Waals surface area contributed by atoms with Crippen LogP contribution in [-0.4, -0.2) is 30.5 Å². The van der Waals surface area contributed by atoms with Crippen LogP contribution in [0.1, 0.15) is 25.0 Å². The van der Waals surface area contributed by atoms with Crippen LogP contribution in [0.25, 0.3) is 0 Å². The van der Waals surface area contributed by atoms with Crippen LogP contribution < -0.4 is 10.1 Å². The van der Waals surface area contributed by atoms with Crippen molar-refractivity contribution in [2.45, 2.75) is 26.9 Å². The normalized spacial score (nSPS) is 10.8. The summed E-state index contributed by atoms with van der Waals surface area (Å²) in [7, 11) is 0. The minimum Gasteiger partial charge on any atom is -0.483 e. The van der Waals surface area contributed by atoms with E-state index in [4.69, 9.17) is 4.74 Å². The number of carbonyl (C=O) groups excluding carboxylic acids is 1. The summed E-state index contributed by atoms with van der Waals surface area (Å²) in [4.78, 5) is 14.4. The molecule has 0 aliphatic rings. The van der Waals surface area contributed by atoms with E-state index in [2.05, 4.69) is 46.1 Å². The number of carbonyl (C=O) groups is 1. The first-order chi connectivity index (χ1) is 12.5. The Kier molecular flexibility index (Phi) is 8.06. The molecule has 0 heterocycles. The van der Waals surface area contributed by atoms with Gasteiger partial charge in [-0.1, -0.05) is 38.1 Å². The average molecular weight is 423 g/mol. The minimum atomic E-state index is -0.363. The summed E-state index contributed by atoms with van der Waals surface area (Å²) in [6, 6.07) is 12.2. The summed E-state index contributed by atoms with van der Waals surface area (Å²) < 4.78 is 19.0. The predicted molar refractivity (Wildman–Crippen MR) is 105 cm³/mol. The largest absolute Gasteiger partial charge is 0.483 e. The molecule has 0 unspecified atom stereocenters. The fourth-order valence-electron chi connectivity index (χ4n) is 2.55. The Hall–Kier alpha value is -1.92. The molecule has 4 nitrogen and oxygen atoms in total. The van der Waals surface area contributed by atoms with Gasteiger partial charge >= 0.3 is 0 Å². The topological polar surface area (TPSA) is 41.6 Å². The van der Waals surface area contributed by atoms with E-state index in [1.54, 1.807) is 0 Å². The first kappa shape index (κ1) is 20.4. The van der Waals surface area contributed by atoms with Gasteiger partial charge in [0.05, 0.1) is 4.47 Å². The smallest absolute Gasteiger partial charge is 0.258 e. The molecule has 0 saturated carbocycles. The molecule has 0 radical (unpaired) electrons. The summed E-state index contributed by atoms with van der Waals surface area (Å²) >= 11 is 3.22. The highest BCUT2D eigenvalue weighted by Gasteiger charge is 2.09. The molecular weight excluding hydrogens is 399 g/mol. The van der Waals surface area contributed by atoms with E-state index >= 15 is 0 Å². The Bertz CT molecular complexity index is 736. The lowest BCUT2D eigenvalue weighted by molar-refractivity contribution is -0.123. The van der Waals surface area contributed by atoms with Gasteiger partial charge in [0, 0.05) is 13.1 Å². The number of rotatable bonds is 9. The van der Waals surface area contributed by atoms with Gasteiger partial charge in [-0.25, -0.2) is 4.39 Å². The molecule has 2 rings (SSSR count). The van der Waals surface area contributed by atoms with Crippen molar-refractivity contribution in [2.24, 2.45) is 0 Å². The molecular formula is C20H24BrFN2O2. The number of nitrogens with one attached hydrogen (secondary N) is 1. The zero-order valence-corrected chi connectivity index (χ0v) is 16.7. The number of ether oxygens (including phenoxy) is 1. The summed E-state index contributed by atoms with van der Waals surface area (Å²) in [6.45, 7) is 7.43. The van der Waals surface area contributed by atoms with Crippen molar-refractivity contribution in [3.05, 3.63) is 63.9 Å². The zero-order valence-electron chi connectivity index (χ0n) is 15.1. The third kappa shape index (κ3) is 6.11. The first-order valence-corrected chi connectivity index (χ1v) is 9.46. The van der Waals surface area contributed by atoms with Crippen LogP contribution in [0.4, 0.5) is 4.39 Å². The van der Waals surface area contributed by atoms with Crippen molar-refractivity contribution in [1.82, 2.24) is 10.2 Å². The number of halogens is 2. The van der Waals surface area contributed by atoms with Crippen LogP contribution in [0.3, 0.4) is 0 Å². The number of hydrogen-bond acceptors (Lipinski definition) is 3. The van der Waals surface area contributed by atoms with Crippen molar-refractivity contribution in [1.29, 1.82) is 0 Å². The van der Waals surface area contributed by atoms with E-state index < -0.39 is 0 Å². The second kappa shape index (κ2) is 10.3. The molecule has 1 N–H and O–H groups in total. The van der Waals surface area contributed by atoms with E-state index in [1.165, 1.54) is 23.8 Å². The summed E-state index contributed by atoms with van der Waals surface area (Å²) in [5.74, 6) is -0.152. The van der Waals surface area contributed by atoms with Crippen LogP contribution in [0.15, 0.2) is 46.9 Å². The lowest BCUT2D eigenvalue weighted by Gasteiger charge is -2.20. The Balaban J connectivity index is 1.89. The summed E-state index contributed by atoms with van der Waals surface area (Å²) in [6.07, 6.45) is 0. The fourth-order valence-corrected chi connectivity index (χ4v) is 3.02. The number of benzene rings is 2. The summed E-state index contributed by atoms with van der Waals surface area (Å²) in [5, 5.41) is 2.88. The standard InChI is InChI=1S/C20H24BrFN2O2/c1-3-24(4-2)13-16-8-6-5-7-15(16)12-23-20(25)14-26-19-10-9-17(22)11-18(19)21/h5-11H,3-4,12-14H2,1-2H3,(H,23,25). The SMILES string of the molecule is CCN(CC)Cc1ccccc1CNC(=O)COc1ccc(F)cc1Br. The lowest BCUT2D eigenvalue weighted by atomic mass is 10.1. The van der Waals surface area contributed by atoms with E-state index in [0.29, 0.717) is 16.8 Å². The maximum Gasteiger partial charge on any atom is 0.258 e. The van der Waals surface area contributed by atoms with Gasteiger partial charge in [0.1, 0.15) is 11.6 Å². The first-order valence-electron chi connectivity index (χ1n) is 8.67. The molecule has 1 amide bonds. The van der Waals surface area contributed by atoms with E-state index in [9.17, 15) is 9.18 Å². The predicted octanol–water partition coefficient (Wildman–Crippen LogP) is 4.13. The molecule has 0 fully saturated rings. The van der Waals surface area contributed by atoms with Crippen LogP contribution in [0.2, 0.25) is 0 Å². The van der Waals surface area contributed by atoms with Gasteiger partial charge in [-0.2, -0.15) is 0 Å². The highest BCUT2D eigenvalue weighted by atomic mass is 79.9. The number of hydrogen-bond donors (Lipinski definition) is 1. The second-order valence-electron chi connectivity index (χ2n) is 5.87. The second-order valence-corrected chi connectivity index (χ2v) is 6.72. The molecule has 0 aliphatic heterocycles. The Morgan fingerprint density at radius 3 is 2.50 bits per heavy atom. The number of nitrogens with zero attached hydrogens (tertiary/aromatic N) is 1. The minimum absolute atomic E-state index is 0.123. The van der Waals surface area contributed by atoms with Crippen molar-refractivity contribution in [2.75, 3.05) is 19.7 Å². The van der Waals surface area contributed by atoms with Gasteiger partial charge in [-0.3, -0.25) is 9.69 Å².